The van der Waals surface area contributed by atoms with Crippen molar-refractivity contribution in [3.8, 4) is 0 Å². The first-order valence-corrected chi connectivity index (χ1v) is 8.42. The second-order valence-corrected chi connectivity index (χ2v) is 7.04. The van der Waals surface area contributed by atoms with Crippen LogP contribution in [0, 0.1) is 5.92 Å². The summed E-state index contributed by atoms with van der Waals surface area (Å²) in [7, 11) is 0. The smallest absolute Gasteiger partial charge is 0.238 e. The summed E-state index contributed by atoms with van der Waals surface area (Å²) < 4.78 is 0. The van der Waals surface area contributed by atoms with E-state index < -0.39 is 0 Å². The number of nitrogens with one attached hydrogen (secondary N) is 1. The summed E-state index contributed by atoms with van der Waals surface area (Å²) in [5, 5.41) is 3.86. The molecular weight excluding hydrogens is 380 g/mol. The van der Waals surface area contributed by atoms with Crippen LogP contribution in [-0.2, 0) is 4.79 Å². The van der Waals surface area contributed by atoms with Crippen molar-refractivity contribution < 1.29 is 4.79 Å². The van der Waals surface area contributed by atoms with Gasteiger partial charge in [0.05, 0.1) is 22.3 Å². The molecule has 8 heteroatoms. The third-order valence-corrected chi connectivity index (χ3v) is 4.74. The SMILES string of the molecule is CC(N)C1CCCN(CC(=O)Nc2c(Cl)cc(Cl)cc2Cl)C1.Cl. The highest BCUT2D eigenvalue weighted by molar-refractivity contribution is 6.42. The van der Waals surface area contributed by atoms with E-state index in [4.69, 9.17) is 40.5 Å². The number of benzene rings is 1. The van der Waals surface area contributed by atoms with Crippen LogP contribution in [0.15, 0.2) is 12.1 Å². The molecule has 130 valence electrons. The minimum atomic E-state index is -0.142. The fourth-order valence-electron chi connectivity index (χ4n) is 2.71. The van der Waals surface area contributed by atoms with E-state index in [0.29, 0.717) is 33.2 Å². The van der Waals surface area contributed by atoms with Gasteiger partial charge in [0.2, 0.25) is 5.91 Å². The van der Waals surface area contributed by atoms with Crippen molar-refractivity contribution in [3.63, 3.8) is 0 Å². The normalized spacial score (nSPS) is 19.8. The van der Waals surface area contributed by atoms with Gasteiger partial charge in [-0.2, -0.15) is 0 Å². The average molecular weight is 401 g/mol. The Morgan fingerprint density at radius 2 is 2.00 bits per heavy atom. The van der Waals surface area contributed by atoms with Crippen LogP contribution in [0.2, 0.25) is 15.1 Å². The van der Waals surface area contributed by atoms with Gasteiger partial charge >= 0.3 is 0 Å². The molecule has 3 N–H and O–H groups in total. The van der Waals surface area contributed by atoms with Crippen molar-refractivity contribution in [2.45, 2.75) is 25.8 Å². The Balaban J connectivity index is 0.00000264. The van der Waals surface area contributed by atoms with Gasteiger partial charge in [0, 0.05) is 17.6 Å². The molecule has 1 amide bonds. The Bertz CT molecular complexity index is 531. The van der Waals surface area contributed by atoms with Gasteiger partial charge in [-0.25, -0.2) is 0 Å². The number of piperidine rings is 1. The highest BCUT2D eigenvalue weighted by Gasteiger charge is 2.24. The third kappa shape index (κ3) is 5.96. The lowest BCUT2D eigenvalue weighted by atomic mass is 9.92. The number of carbonyl (C=O) groups is 1. The van der Waals surface area contributed by atoms with Gasteiger partial charge in [-0.1, -0.05) is 34.8 Å². The van der Waals surface area contributed by atoms with Crippen LogP contribution in [0.4, 0.5) is 5.69 Å². The first kappa shape index (κ1) is 20.8. The predicted octanol–water partition coefficient (Wildman–Crippen LogP) is 4.07. The van der Waals surface area contributed by atoms with E-state index in [1.165, 1.54) is 0 Å². The summed E-state index contributed by atoms with van der Waals surface area (Å²) in [6.07, 6.45) is 2.17. The molecule has 1 aromatic carbocycles. The largest absolute Gasteiger partial charge is 0.328 e. The van der Waals surface area contributed by atoms with Crippen LogP contribution in [0.1, 0.15) is 19.8 Å². The van der Waals surface area contributed by atoms with Crippen molar-refractivity contribution in [2.75, 3.05) is 25.0 Å². The maximum absolute atomic E-state index is 12.2. The van der Waals surface area contributed by atoms with Gasteiger partial charge < -0.3 is 11.1 Å². The van der Waals surface area contributed by atoms with Gasteiger partial charge in [0.15, 0.2) is 0 Å². The predicted molar refractivity (Wildman–Crippen MR) is 100 cm³/mol. The quantitative estimate of drug-likeness (QED) is 0.800. The summed E-state index contributed by atoms with van der Waals surface area (Å²) >= 11 is 18.0. The number of amides is 1. The molecular formula is C15H21Cl4N3O. The summed E-state index contributed by atoms with van der Waals surface area (Å²) in [5.41, 5.74) is 6.36. The number of rotatable bonds is 4. The molecule has 0 aromatic heterocycles. The van der Waals surface area contributed by atoms with Crippen LogP contribution in [-0.4, -0.2) is 36.5 Å². The number of anilines is 1. The summed E-state index contributed by atoms with van der Waals surface area (Å²) in [6, 6.07) is 3.25. The highest BCUT2D eigenvalue weighted by atomic mass is 35.5. The molecule has 0 saturated carbocycles. The average Bonchev–Trinajstić information content (AvgIpc) is 2.43. The van der Waals surface area contributed by atoms with E-state index in [2.05, 4.69) is 10.2 Å². The van der Waals surface area contributed by atoms with Gasteiger partial charge in [0.1, 0.15) is 0 Å². The zero-order valence-electron chi connectivity index (χ0n) is 12.8. The van der Waals surface area contributed by atoms with Crippen LogP contribution >= 0.6 is 47.2 Å². The number of halogens is 4. The molecule has 1 saturated heterocycles. The number of hydrogen-bond donors (Lipinski definition) is 2. The molecule has 0 radical (unpaired) electrons. The van der Waals surface area contributed by atoms with Crippen molar-refractivity contribution >= 4 is 58.8 Å². The van der Waals surface area contributed by atoms with Crippen LogP contribution < -0.4 is 11.1 Å². The molecule has 2 atom stereocenters. The van der Waals surface area contributed by atoms with Crippen molar-refractivity contribution in [1.82, 2.24) is 4.90 Å². The topological polar surface area (TPSA) is 58.4 Å². The molecule has 0 aliphatic carbocycles. The minimum absolute atomic E-state index is 0. The zero-order valence-corrected chi connectivity index (χ0v) is 15.9. The Morgan fingerprint density at radius 1 is 1.39 bits per heavy atom. The molecule has 0 spiro atoms. The lowest BCUT2D eigenvalue weighted by molar-refractivity contribution is -0.117. The van der Waals surface area contributed by atoms with E-state index in [-0.39, 0.29) is 24.4 Å². The molecule has 1 aliphatic heterocycles. The summed E-state index contributed by atoms with van der Waals surface area (Å²) in [5.74, 6) is 0.292. The number of nitrogens with two attached hydrogens (primary N) is 1. The molecule has 1 aliphatic rings. The standard InChI is InChI=1S/C15H20Cl3N3O.ClH/c1-9(19)10-3-2-4-21(7-10)8-14(22)20-15-12(17)5-11(16)6-13(15)18;/h5-6,9-10H,2-4,7-8,19H2,1H3,(H,20,22);1H. The number of likely N-dealkylation sites (tertiary alicyclic amines) is 1. The van der Waals surface area contributed by atoms with Crippen LogP contribution in [0.5, 0.6) is 0 Å². The lowest BCUT2D eigenvalue weighted by Gasteiger charge is -2.34. The maximum atomic E-state index is 12.2. The highest BCUT2D eigenvalue weighted by Crippen LogP contribution is 2.33. The molecule has 1 heterocycles. The summed E-state index contributed by atoms with van der Waals surface area (Å²) in [4.78, 5) is 14.3. The Hall–Kier alpha value is -0.230. The van der Waals surface area contributed by atoms with E-state index in [9.17, 15) is 4.79 Å². The molecule has 2 unspecified atom stereocenters. The molecule has 2 rings (SSSR count). The molecule has 4 nitrogen and oxygen atoms in total. The second kappa shape index (κ2) is 9.30. The zero-order chi connectivity index (χ0) is 16.3. The van der Waals surface area contributed by atoms with E-state index >= 15 is 0 Å². The van der Waals surface area contributed by atoms with Gasteiger partial charge in [-0.3, -0.25) is 9.69 Å². The lowest BCUT2D eigenvalue weighted by Crippen LogP contribution is -2.45. The van der Waals surface area contributed by atoms with E-state index in [0.717, 1.165) is 25.9 Å². The first-order valence-electron chi connectivity index (χ1n) is 7.29. The number of nitrogens with zero attached hydrogens (tertiary/aromatic N) is 1. The number of carbonyl (C=O) groups excluding carboxylic acids is 1. The van der Waals surface area contributed by atoms with Gasteiger partial charge in [0.25, 0.3) is 0 Å². The fraction of sp³-hybridized carbons (Fsp3) is 0.533. The van der Waals surface area contributed by atoms with Crippen molar-refractivity contribution in [2.24, 2.45) is 11.7 Å². The van der Waals surface area contributed by atoms with Gasteiger partial charge in [-0.05, 0) is 44.4 Å². The first-order chi connectivity index (χ1) is 10.4. The molecule has 1 aromatic rings. The third-order valence-electron chi connectivity index (χ3n) is 3.92. The Kier molecular flexibility index (Phi) is 8.42. The van der Waals surface area contributed by atoms with E-state index in [1.807, 2.05) is 6.92 Å². The Labute approximate surface area is 158 Å². The molecule has 1 fully saturated rings. The maximum Gasteiger partial charge on any atom is 0.238 e. The Morgan fingerprint density at radius 3 is 2.57 bits per heavy atom. The minimum Gasteiger partial charge on any atom is -0.328 e. The molecule has 0 bridgehead atoms. The van der Waals surface area contributed by atoms with Crippen molar-refractivity contribution in [1.29, 1.82) is 0 Å². The van der Waals surface area contributed by atoms with Crippen LogP contribution in [0.3, 0.4) is 0 Å². The fourth-order valence-corrected chi connectivity index (χ4v) is 3.62. The monoisotopic (exact) mass is 399 g/mol. The number of hydrogen-bond acceptors (Lipinski definition) is 3. The molecule has 23 heavy (non-hydrogen) atoms. The van der Waals surface area contributed by atoms with Crippen LogP contribution in [0.25, 0.3) is 0 Å². The van der Waals surface area contributed by atoms with Gasteiger partial charge in [-0.15, -0.1) is 12.4 Å². The summed E-state index contributed by atoms with van der Waals surface area (Å²) in [6.45, 7) is 4.06. The second-order valence-electron chi connectivity index (χ2n) is 5.79. The van der Waals surface area contributed by atoms with E-state index in [1.54, 1.807) is 12.1 Å². The van der Waals surface area contributed by atoms with Crippen molar-refractivity contribution in [3.05, 3.63) is 27.2 Å².